The fourth-order valence-corrected chi connectivity index (χ4v) is 9.78. The summed E-state index contributed by atoms with van der Waals surface area (Å²) in [5, 5.41) is 11.6. The number of hydrogen-bond donors (Lipinski definition) is 4. The molecule has 6 N–H and O–H groups in total. The van der Waals surface area contributed by atoms with Crippen LogP contribution in [-0.4, -0.2) is 57.2 Å². The van der Waals surface area contributed by atoms with E-state index >= 15 is 0 Å². The summed E-state index contributed by atoms with van der Waals surface area (Å²) in [6.45, 7) is 6.98. The molecule has 1 aromatic carbocycles. The lowest BCUT2D eigenvalue weighted by atomic mass is 9.76. The highest BCUT2D eigenvalue weighted by Crippen LogP contribution is 2.54. The summed E-state index contributed by atoms with van der Waals surface area (Å²) >= 11 is 0. The van der Waals surface area contributed by atoms with E-state index in [-0.39, 0.29) is 34.2 Å². The maximum atomic E-state index is 14.1. The molecule has 3 aromatic heterocycles. The van der Waals surface area contributed by atoms with E-state index < -0.39 is 23.3 Å². The molecular formula is C42H43N6O7+. The number of ether oxygens (including phenoxy) is 3. The zero-order valence-corrected chi connectivity index (χ0v) is 31.0. The smallest absolute Gasteiger partial charge is 0.341 e. The maximum Gasteiger partial charge on any atom is 0.341 e. The number of benzene rings is 1. The number of fused-ring (bicyclic) bond motifs is 8. The number of aliphatic imine (C=N–C) groups is 1. The molecule has 0 amide bonds. The minimum Gasteiger partial charge on any atom is -0.507 e. The number of quaternary nitrogens is 1. The van der Waals surface area contributed by atoms with Crippen LogP contribution in [0.2, 0.25) is 0 Å². The second kappa shape index (κ2) is 12.0. The molecule has 55 heavy (non-hydrogen) atoms. The van der Waals surface area contributed by atoms with Crippen molar-refractivity contribution < 1.29 is 33.4 Å². The summed E-state index contributed by atoms with van der Waals surface area (Å²) in [5.74, 6) is 0.828. The van der Waals surface area contributed by atoms with Gasteiger partial charge >= 0.3 is 5.97 Å². The third-order valence-electron chi connectivity index (χ3n) is 12.4. The zero-order valence-electron chi connectivity index (χ0n) is 31.0. The van der Waals surface area contributed by atoms with Gasteiger partial charge in [-0.05, 0) is 95.1 Å². The number of phenolic OH excluding ortho intramolecular Hbond substituents is 1. The monoisotopic (exact) mass is 743 g/mol. The first-order chi connectivity index (χ1) is 26.4. The van der Waals surface area contributed by atoms with Crippen molar-refractivity contribution in [2.45, 2.75) is 102 Å². The number of phenols is 1. The number of allylic oxidation sites excluding steroid dienone is 1. The van der Waals surface area contributed by atoms with Gasteiger partial charge in [-0.2, -0.15) is 0 Å². The van der Waals surface area contributed by atoms with Crippen molar-refractivity contribution in [3.05, 3.63) is 91.7 Å². The Bertz CT molecular complexity index is 2520. The predicted octanol–water partition coefficient (Wildman–Crippen LogP) is 3.90. The van der Waals surface area contributed by atoms with E-state index in [1.54, 1.807) is 13.0 Å². The van der Waals surface area contributed by atoms with Crippen LogP contribution in [0.15, 0.2) is 62.0 Å². The van der Waals surface area contributed by atoms with E-state index in [0.29, 0.717) is 67.4 Å². The quantitative estimate of drug-likeness (QED) is 0.171. The third-order valence-corrected chi connectivity index (χ3v) is 12.4. The minimum atomic E-state index is -1.06. The van der Waals surface area contributed by atoms with Crippen LogP contribution in [-0.2, 0) is 40.1 Å². The van der Waals surface area contributed by atoms with Gasteiger partial charge in [0, 0.05) is 46.5 Å². The molecule has 2 saturated heterocycles. The Morgan fingerprint density at radius 2 is 1.91 bits per heavy atom. The fourth-order valence-electron chi connectivity index (χ4n) is 9.78. The first-order valence-electron chi connectivity index (χ1n) is 19.1. The van der Waals surface area contributed by atoms with Crippen LogP contribution in [0, 0.1) is 6.92 Å². The Kier molecular flexibility index (Phi) is 7.41. The lowest BCUT2D eigenvalue weighted by Gasteiger charge is -2.45. The van der Waals surface area contributed by atoms with Gasteiger partial charge in [0.2, 0.25) is 0 Å². The van der Waals surface area contributed by atoms with Crippen LogP contribution in [0.5, 0.6) is 11.5 Å². The number of nitrogen functional groups attached to an aromatic ring is 2. The van der Waals surface area contributed by atoms with Gasteiger partial charge in [-0.1, -0.05) is 0 Å². The maximum absolute atomic E-state index is 14.1. The first-order valence-corrected chi connectivity index (χ1v) is 19.1. The number of nitrogens with one attached hydrogen (secondary N) is 1. The van der Waals surface area contributed by atoms with Crippen LogP contribution in [0.1, 0.15) is 79.2 Å². The van der Waals surface area contributed by atoms with Crippen molar-refractivity contribution in [1.29, 1.82) is 0 Å². The summed E-state index contributed by atoms with van der Waals surface area (Å²) in [4.78, 5) is 42.3. The molecule has 13 nitrogen and oxygen atoms in total. The number of aryl methyl sites for hydroxylation is 2. The van der Waals surface area contributed by atoms with Crippen LogP contribution in [0.25, 0.3) is 22.2 Å². The van der Waals surface area contributed by atoms with Crippen molar-refractivity contribution in [3.63, 3.8) is 0 Å². The molecule has 5 aliphatic heterocycles. The van der Waals surface area contributed by atoms with Gasteiger partial charge in [0.15, 0.2) is 11.0 Å². The van der Waals surface area contributed by atoms with Crippen LogP contribution in [0.4, 0.5) is 11.6 Å². The number of aromatic nitrogens is 2. The highest BCUT2D eigenvalue weighted by molar-refractivity contribution is 5.88. The lowest BCUT2D eigenvalue weighted by molar-refractivity contribution is -0.852. The van der Waals surface area contributed by atoms with Crippen molar-refractivity contribution in [2.75, 3.05) is 18.0 Å². The summed E-state index contributed by atoms with van der Waals surface area (Å²) in [5.41, 5.74) is 19.6. The van der Waals surface area contributed by atoms with Gasteiger partial charge in [-0.15, -0.1) is 0 Å². The molecule has 5 atom stereocenters. The molecule has 0 radical (unpaired) electrons. The Morgan fingerprint density at radius 1 is 1.07 bits per heavy atom. The number of nitrogens with zero attached hydrogens (tertiary/aromatic N) is 3. The first kappa shape index (κ1) is 34.0. The summed E-state index contributed by atoms with van der Waals surface area (Å²) in [6, 6.07) is 7.08. The second-order valence-electron chi connectivity index (χ2n) is 16.4. The second-order valence-corrected chi connectivity index (χ2v) is 16.4. The summed E-state index contributed by atoms with van der Waals surface area (Å²) in [7, 11) is 0. The van der Waals surface area contributed by atoms with Gasteiger partial charge < -0.3 is 35.2 Å². The minimum absolute atomic E-state index is 0.0985. The van der Waals surface area contributed by atoms with Gasteiger partial charge in [-0.25, -0.2) is 14.8 Å². The van der Waals surface area contributed by atoms with E-state index in [0.717, 1.165) is 58.7 Å². The molecule has 1 spiro atoms. The van der Waals surface area contributed by atoms with Crippen molar-refractivity contribution in [1.82, 2.24) is 9.97 Å². The average molecular weight is 744 g/mol. The topological polar surface area (TPSA) is 193 Å². The van der Waals surface area contributed by atoms with Gasteiger partial charge in [-0.3, -0.25) is 14.7 Å². The largest absolute Gasteiger partial charge is 0.507 e. The number of hydrogen-bond acceptors (Lipinski definition) is 12. The molecule has 10 rings (SSSR count). The van der Waals surface area contributed by atoms with Gasteiger partial charge in [0.05, 0.1) is 17.5 Å². The molecule has 5 unspecified atom stereocenters. The average Bonchev–Trinajstić information content (AvgIpc) is 3.44. The number of anilines is 2. The highest BCUT2D eigenvalue weighted by Gasteiger charge is 2.65. The number of rotatable bonds is 5. The number of esters is 1. The number of carbonyl (C=O) groups is 1. The van der Waals surface area contributed by atoms with E-state index in [2.05, 4.69) is 23.3 Å². The summed E-state index contributed by atoms with van der Waals surface area (Å²) < 4.78 is 24.8. The van der Waals surface area contributed by atoms with E-state index in [1.807, 2.05) is 26.1 Å². The molecule has 282 valence electrons. The normalized spacial score (nSPS) is 26.8. The number of carbonyl (C=O) groups excluding carboxylic acids is 1. The standard InChI is InChI=1S/C42H42N6O7/c1-20-13-29(49)35-30(52-20)16-31-34(37(35)50)26-5-4-11-42(40(51)53-38(26)41(2,3)54-31)32(55-42)9-6-21-14-33(43)47-36-24(21)7-8-25-27(36)15-23(46-39(25)44)18-48-17-22-10-12-45-28(22)19-48/h10,12-16,19,26,32,38,50H,4-9,11,17-18H2,1-3H3,(H2,43,47)(H2,44,46)/p+1. The molecule has 2 fully saturated rings. The molecule has 4 aromatic rings. The van der Waals surface area contributed by atoms with Crippen molar-refractivity contribution in [2.24, 2.45) is 4.99 Å². The SMILES string of the molecule is Cc1cc(=O)c2c(O)c3c(cc2o1)OC(C)(C)C1OC(=O)C2(CCCC31)OC2CCc1cc(N)nc2c1CCc1c-2cc(C[NH+]2C=C3N=CC=C3C2)nc1N. The summed E-state index contributed by atoms with van der Waals surface area (Å²) in [6.07, 6.45) is 9.48. The third kappa shape index (κ3) is 5.38. The Balaban J connectivity index is 0.882. The molecular weight excluding hydrogens is 700 g/mol. The number of pyridine rings is 2. The molecule has 8 heterocycles. The van der Waals surface area contributed by atoms with Crippen LogP contribution < -0.4 is 26.5 Å². The molecule has 0 bridgehead atoms. The van der Waals surface area contributed by atoms with E-state index in [9.17, 15) is 14.7 Å². The lowest BCUT2D eigenvalue weighted by Crippen LogP contribution is -3.04. The Morgan fingerprint density at radius 3 is 2.75 bits per heavy atom. The van der Waals surface area contributed by atoms with Gasteiger partial charge in [0.1, 0.15) is 76.6 Å². The van der Waals surface area contributed by atoms with Crippen LogP contribution >= 0.6 is 0 Å². The molecule has 1 aliphatic carbocycles. The predicted molar refractivity (Wildman–Crippen MR) is 204 cm³/mol. The zero-order chi connectivity index (χ0) is 38.0. The number of epoxide rings is 1. The Hall–Kier alpha value is -5.53. The van der Waals surface area contributed by atoms with E-state index in [4.69, 9.17) is 40.1 Å². The fraction of sp³-hybridized carbons (Fsp3) is 0.405. The number of nitrogens with two attached hydrogens (primary N) is 2. The Labute approximate surface area is 316 Å². The van der Waals surface area contributed by atoms with Crippen molar-refractivity contribution >= 4 is 34.8 Å². The van der Waals surface area contributed by atoms with E-state index in [1.165, 1.54) is 16.5 Å². The van der Waals surface area contributed by atoms with Crippen LogP contribution in [0.3, 0.4) is 0 Å². The molecule has 0 saturated carbocycles. The molecule has 13 heteroatoms. The molecule has 6 aliphatic rings. The van der Waals surface area contributed by atoms with Gasteiger partial charge in [0.25, 0.3) is 0 Å². The number of aromatic hydroxyl groups is 1. The highest BCUT2D eigenvalue weighted by atomic mass is 16.7. The van der Waals surface area contributed by atoms with Crippen molar-refractivity contribution in [3.8, 4) is 22.8 Å².